The van der Waals surface area contributed by atoms with E-state index in [4.69, 9.17) is 34.8 Å². The summed E-state index contributed by atoms with van der Waals surface area (Å²) in [5.74, 6) is 0.483. The summed E-state index contributed by atoms with van der Waals surface area (Å²) in [5, 5.41) is 3.12. The number of hydrogen-bond donors (Lipinski definition) is 0. The molecule has 0 aliphatic carbocycles. The fourth-order valence-corrected chi connectivity index (χ4v) is 3.40. The second-order valence-electron chi connectivity index (χ2n) is 4.00. The van der Waals surface area contributed by atoms with Crippen LogP contribution in [0, 0.1) is 0 Å². The maximum absolute atomic E-state index is 6.26. The lowest BCUT2D eigenvalue weighted by Crippen LogP contribution is -1.93. The van der Waals surface area contributed by atoms with Crippen molar-refractivity contribution in [3.63, 3.8) is 0 Å². The minimum absolute atomic E-state index is 0.329. The predicted octanol–water partition coefficient (Wildman–Crippen LogP) is 5.83. The van der Waals surface area contributed by atoms with E-state index in [2.05, 4.69) is 9.97 Å². The van der Waals surface area contributed by atoms with Gasteiger partial charge in [0.25, 0.3) is 0 Å². The zero-order valence-corrected chi connectivity index (χ0v) is 13.1. The van der Waals surface area contributed by atoms with Crippen LogP contribution in [0.25, 0.3) is 21.8 Å². The molecule has 2 nitrogen and oxygen atoms in total. The van der Waals surface area contributed by atoms with Crippen LogP contribution in [-0.2, 0) is 0 Å². The number of halogens is 3. The summed E-state index contributed by atoms with van der Waals surface area (Å²) in [7, 11) is 0. The molecule has 6 heteroatoms. The summed E-state index contributed by atoms with van der Waals surface area (Å²) in [6.07, 6.45) is 0. The third kappa shape index (κ3) is 2.67. The molecule has 0 N–H and O–H groups in total. The Kier molecular flexibility index (Phi) is 3.94. The van der Waals surface area contributed by atoms with E-state index in [0.717, 1.165) is 10.4 Å². The van der Waals surface area contributed by atoms with Crippen LogP contribution in [-0.4, -0.2) is 9.97 Å². The topological polar surface area (TPSA) is 25.8 Å². The van der Waals surface area contributed by atoms with Gasteiger partial charge in [0.2, 0.25) is 0 Å². The van der Waals surface area contributed by atoms with Gasteiger partial charge in [0, 0.05) is 5.38 Å². The minimum Gasteiger partial charge on any atom is -0.215 e. The smallest absolute Gasteiger partial charge is 0.172 e. The summed E-state index contributed by atoms with van der Waals surface area (Å²) in [5.41, 5.74) is 1.53. The van der Waals surface area contributed by atoms with Crippen molar-refractivity contribution >= 4 is 46.1 Å². The molecule has 3 rings (SSSR count). The molecule has 0 bridgehead atoms. The van der Waals surface area contributed by atoms with E-state index in [1.807, 2.05) is 35.7 Å². The Bertz CT molecular complexity index is 733. The molecule has 2 heterocycles. The van der Waals surface area contributed by atoms with Crippen LogP contribution in [0.15, 0.2) is 41.8 Å². The van der Waals surface area contributed by atoms with E-state index >= 15 is 0 Å². The Balaban J connectivity index is 2.12. The summed E-state index contributed by atoms with van der Waals surface area (Å²) in [6, 6.07) is 11.4. The van der Waals surface area contributed by atoms with Gasteiger partial charge in [-0.05, 0) is 11.6 Å². The van der Waals surface area contributed by atoms with Crippen molar-refractivity contribution in [1.29, 1.82) is 0 Å². The van der Waals surface area contributed by atoms with Crippen LogP contribution in [0.2, 0.25) is 15.3 Å². The standard InChI is InChI=1S/C14H7Cl3N2S/c15-9-6-10(20-7-9)14-18-12(16)11(13(17)19-14)8-4-2-1-3-5-8/h1-7H. The van der Waals surface area contributed by atoms with Gasteiger partial charge in [-0.2, -0.15) is 0 Å². The Morgan fingerprint density at radius 1 is 0.900 bits per heavy atom. The Labute approximate surface area is 135 Å². The molecule has 0 aliphatic rings. The molecule has 0 unspecified atom stereocenters. The van der Waals surface area contributed by atoms with Crippen molar-refractivity contribution in [2.45, 2.75) is 0 Å². The van der Waals surface area contributed by atoms with Crippen molar-refractivity contribution in [3.05, 3.63) is 57.1 Å². The number of thiophene rings is 1. The van der Waals surface area contributed by atoms with Crippen LogP contribution in [0.5, 0.6) is 0 Å². The van der Waals surface area contributed by atoms with E-state index < -0.39 is 0 Å². The molecule has 3 aromatic rings. The van der Waals surface area contributed by atoms with Gasteiger partial charge in [-0.3, -0.25) is 0 Å². The van der Waals surface area contributed by atoms with Crippen LogP contribution in [0.4, 0.5) is 0 Å². The quantitative estimate of drug-likeness (QED) is 0.548. The van der Waals surface area contributed by atoms with Crippen LogP contribution in [0.1, 0.15) is 0 Å². The van der Waals surface area contributed by atoms with E-state index in [1.54, 1.807) is 6.07 Å². The third-order valence-electron chi connectivity index (χ3n) is 2.67. The van der Waals surface area contributed by atoms with Gasteiger partial charge < -0.3 is 0 Å². The highest BCUT2D eigenvalue weighted by molar-refractivity contribution is 7.14. The van der Waals surface area contributed by atoms with Gasteiger partial charge in [-0.15, -0.1) is 11.3 Å². The molecular formula is C14H7Cl3N2S. The highest BCUT2D eigenvalue weighted by Gasteiger charge is 2.15. The van der Waals surface area contributed by atoms with Crippen molar-refractivity contribution in [1.82, 2.24) is 9.97 Å². The molecule has 1 aromatic carbocycles. The van der Waals surface area contributed by atoms with Crippen molar-refractivity contribution < 1.29 is 0 Å². The first-order valence-corrected chi connectivity index (χ1v) is 7.69. The van der Waals surface area contributed by atoms with E-state index in [1.165, 1.54) is 11.3 Å². The summed E-state index contributed by atoms with van der Waals surface area (Å²) >= 11 is 19.9. The summed E-state index contributed by atoms with van der Waals surface area (Å²) < 4.78 is 0. The minimum atomic E-state index is 0.329. The van der Waals surface area contributed by atoms with Crippen LogP contribution >= 0.6 is 46.1 Å². The summed E-state index contributed by atoms with van der Waals surface area (Å²) in [4.78, 5) is 9.46. The average molecular weight is 342 g/mol. The number of benzene rings is 1. The Morgan fingerprint density at radius 2 is 1.55 bits per heavy atom. The van der Waals surface area contributed by atoms with Gasteiger partial charge in [-0.25, -0.2) is 9.97 Å². The van der Waals surface area contributed by atoms with E-state index in [0.29, 0.717) is 26.7 Å². The molecule has 100 valence electrons. The molecular weight excluding hydrogens is 335 g/mol. The molecule has 0 saturated heterocycles. The van der Waals surface area contributed by atoms with Crippen molar-refractivity contribution in [2.75, 3.05) is 0 Å². The Hall–Kier alpha value is -1.13. The maximum Gasteiger partial charge on any atom is 0.172 e. The predicted molar refractivity (Wildman–Crippen MR) is 85.8 cm³/mol. The first kappa shape index (κ1) is 13.8. The second kappa shape index (κ2) is 5.70. The highest BCUT2D eigenvalue weighted by atomic mass is 35.5. The molecule has 0 amide bonds. The fourth-order valence-electron chi connectivity index (χ4n) is 1.79. The highest BCUT2D eigenvalue weighted by Crippen LogP contribution is 2.35. The lowest BCUT2D eigenvalue weighted by molar-refractivity contribution is 1.19. The molecule has 0 radical (unpaired) electrons. The van der Waals surface area contributed by atoms with E-state index in [9.17, 15) is 0 Å². The number of hydrogen-bond acceptors (Lipinski definition) is 3. The van der Waals surface area contributed by atoms with Crippen LogP contribution < -0.4 is 0 Å². The van der Waals surface area contributed by atoms with Gasteiger partial charge in [0.1, 0.15) is 10.3 Å². The molecule has 0 spiro atoms. The lowest BCUT2D eigenvalue weighted by Gasteiger charge is -2.07. The molecule has 0 saturated carbocycles. The number of aromatic nitrogens is 2. The lowest BCUT2D eigenvalue weighted by atomic mass is 10.1. The average Bonchev–Trinajstić information content (AvgIpc) is 2.86. The largest absolute Gasteiger partial charge is 0.215 e. The molecule has 0 atom stereocenters. The monoisotopic (exact) mass is 340 g/mol. The SMILES string of the molecule is Clc1csc(-c2nc(Cl)c(-c3ccccc3)c(Cl)n2)c1. The first-order valence-electron chi connectivity index (χ1n) is 5.68. The second-order valence-corrected chi connectivity index (χ2v) is 6.06. The molecule has 0 fully saturated rings. The maximum atomic E-state index is 6.26. The van der Waals surface area contributed by atoms with Gasteiger partial charge >= 0.3 is 0 Å². The number of rotatable bonds is 2. The van der Waals surface area contributed by atoms with Crippen molar-refractivity contribution in [3.8, 4) is 21.8 Å². The van der Waals surface area contributed by atoms with Crippen LogP contribution in [0.3, 0.4) is 0 Å². The molecule has 20 heavy (non-hydrogen) atoms. The van der Waals surface area contributed by atoms with Gasteiger partial charge in [0.15, 0.2) is 5.82 Å². The van der Waals surface area contributed by atoms with Gasteiger partial charge in [0.05, 0.1) is 15.5 Å². The fraction of sp³-hybridized carbons (Fsp3) is 0. The zero-order valence-electron chi connectivity index (χ0n) is 9.98. The zero-order chi connectivity index (χ0) is 14.1. The van der Waals surface area contributed by atoms with Gasteiger partial charge in [-0.1, -0.05) is 65.1 Å². The Morgan fingerprint density at radius 3 is 2.10 bits per heavy atom. The molecule has 2 aromatic heterocycles. The molecule has 0 aliphatic heterocycles. The normalized spacial score (nSPS) is 10.8. The van der Waals surface area contributed by atoms with E-state index in [-0.39, 0.29) is 0 Å². The first-order chi connectivity index (χ1) is 9.65. The summed E-state index contributed by atoms with van der Waals surface area (Å²) in [6.45, 7) is 0. The van der Waals surface area contributed by atoms with Crippen molar-refractivity contribution in [2.24, 2.45) is 0 Å². The third-order valence-corrected chi connectivity index (χ3v) is 4.49. The number of nitrogens with zero attached hydrogens (tertiary/aromatic N) is 2.